The second kappa shape index (κ2) is 11.0. The van der Waals surface area contributed by atoms with Gasteiger partial charge in [0.15, 0.2) is 0 Å². The molecule has 5 aromatic rings. The van der Waals surface area contributed by atoms with E-state index in [0.29, 0.717) is 23.8 Å². The van der Waals surface area contributed by atoms with E-state index >= 15 is 0 Å². The lowest BCUT2D eigenvalue weighted by molar-refractivity contribution is 0.0384. The number of ether oxygens (including phenoxy) is 1. The molecule has 4 aromatic carbocycles. The van der Waals surface area contributed by atoms with Crippen LogP contribution < -0.4 is 21.3 Å². The first kappa shape index (κ1) is 26.0. The van der Waals surface area contributed by atoms with Crippen molar-refractivity contribution in [2.24, 2.45) is 5.73 Å². The van der Waals surface area contributed by atoms with Crippen LogP contribution in [-0.2, 0) is 12.0 Å². The maximum atomic E-state index is 11.8. The molecule has 39 heavy (non-hydrogen) atoms. The number of phenols is 1. The maximum absolute atomic E-state index is 11.8. The lowest BCUT2D eigenvalue weighted by Crippen LogP contribution is -2.35. The summed E-state index contributed by atoms with van der Waals surface area (Å²) < 4.78 is 5.57. The van der Waals surface area contributed by atoms with E-state index in [-0.39, 0.29) is 23.4 Å². The third-order valence-corrected chi connectivity index (χ3v) is 7.07. The summed E-state index contributed by atoms with van der Waals surface area (Å²) in [5.41, 5.74) is 10.2. The van der Waals surface area contributed by atoms with Gasteiger partial charge in [-0.15, -0.1) is 0 Å². The average Bonchev–Trinajstić information content (AvgIpc) is 2.97. The fraction of sp³-hybridized carbons (Fsp3) is 0.156. The number of phenolic OH excluding ortho intramolecular Hbond substituents is 1. The van der Waals surface area contributed by atoms with Crippen LogP contribution in [0.4, 0.5) is 11.4 Å². The monoisotopic (exact) mass is 521 g/mol. The Balaban J connectivity index is 1.32. The van der Waals surface area contributed by atoms with Gasteiger partial charge in [0.25, 0.3) is 0 Å². The molecule has 6 N–H and O–H groups in total. The van der Waals surface area contributed by atoms with Gasteiger partial charge in [-0.25, -0.2) is 0 Å². The number of H-pyrrole nitrogens is 1. The van der Waals surface area contributed by atoms with E-state index in [1.54, 1.807) is 19.2 Å². The highest BCUT2D eigenvalue weighted by molar-refractivity contribution is 5.88. The minimum absolute atomic E-state index is 0.00709. The third-order valence-electron chi connectivity index (χ3n) is 7.07. The minimum Gasteiger partial charge on any atom is -0.506 e. The summed E-state index contributed by atoms with van der Waals surface area (Å²) in [5.74, 6) is 0.754. The topological polar surface area (TPSA) is 121 Å². The van der Waals surface area contributed by atoms with E-state index in [4.69, 9.17) is 10.5 Å². The van der Waals surface area contributed by atoms with Crippen molar-refractivity contribution < 1.29 is 14.9 Å². The number of nitrogens with one attached hydrogen (secondary N) is 2. The SMILES string of the molecule is COc1ccc(Nc2ccc(CC[C@](O)(CN)c3ccc(O)c4[nH]c(=O)ccc34)cc2)cc1-c1ccccc1. The van der Waals surface area contributed by atoms with Crippen molar-refractivity contribution in [2.45, 2.75) is 18.4 Å². The average molecular weight is 522 g/mol. The number of benzene rings is 4. The first-order valence-corrected chi connectivity index (χ1v) is 12.8. The van der Waals surface area contributed by atoms with Gasteiger partial charge >= 0.3 is 0 Å². The molecule has 0 bridgehead atoms. The van der Waals surface area contributed by atoms with Crippen LogP contribution in [0.5, 0.6) is 11.5 Å². The van der Waals surface area contributed by atoms with Crippen molar-refractivity contribution in [3.63, 3.8) is 0 Å². The summed E-state index contributed by atoms with van der Waals surface area (Å²) in [7, 11) is 1.67. The fourth-order valence-electron chi connectivity index (χ4n) is 4.89. The van der Waals surface area contributed by atoms with E-state index in [9.17, 15) is 15.0 Å². The van der Waals surface area contributed by atoms with Gasteiger partial charge in [-0.3, -0.25) is 4.79 Å². The number of nitrogens with two attached hydrogens (primary N) is 1. The molecule has 0 radical (unpaired) electrons. The smallest absolute Gasteiger partial charge is 0.248 e. The number of aromatic hydroxyl groups is 1. The molecule has 0 unspecified atom stereocenters. The Bertz CT molecular complexity index is 1650. The molecular formula is C32H31N3O4. The van der Waals surface area contributed by atoms with Crippen molar-refractivity contribution in [3.8, 4) is 22.6 Å². The molecule has 0 saturated carbocycles. The number of aromatic amines is 1. The largest absolute Gasteiger partial charge is 0.506 e. The maximum Gasteiger partial charge on any atom is 0.248 e. The second-order valence-corrected chi connectivity index (χ2v) is 9.58. The zero-order valence-corrected chi connectivity index (χ0v) is 21.6. The number of aliphatic hydroxyl groups is 1. The Hall–Kier alpha value is -4.59. The van der Waals surface area contributed by atoms with Crippen molar-refractivity contribution in [1.29, 1.82) is 0 Å². The minimum atomic E-state index is -1.34. The van der Waals surface area contributed by atoms with Gasteiger partial charge in [0, 0.05) is 34.9 Å². The molecule has 7 heteroatoms. The first-order chi connectivity index (χ1) is 18.9. The van der Waals surface area contributed by atoms with Gasteiger partial charge in [-0.05, 0) is 72.0 Å². The van der Waals surface area contributed by atoms with Gasteiger partial charge < -0.3 is 31.0 Å². The molecule has 7 nitrogen and oxygen atoms in total. The summed E-state index contributed by atoms with van der Waals surface area (Å²) in [6.07, 6.45) is 0.953. The van der Waals surface area contributed by atoms with E-state index in [1.807, 2.05) is 54.6 Å². The second-order valence-electron chi connectivity index (χ2n) is 9.58. The molecule has 0 amide bonds. The van der Waals surface area contributed by atoms with Crippen LogP contribution in [-0.4, -0.2) is 28.9 Å². The van der Waals surface area contributed by atoms with E-state index < -0.39 is 5.60 Å². The van der Waals surface area contributed by atoms with Gasteiger partial charge in [-0.2, -0.15) is 0 Å². The summed E-state index contributed by atoms with van der Waals surface area (Å²) in [5, 5.41) is 25.7. The molecule has 1 atom stereocenters. The van der Waals surface area contributed by atoms with Crippen molar-refractivity contribution in [3.05, 3.63) is 119 Å². The number of methoxy groups -OCH3 is 1. The van der Waals surface area contributed by atoms with Crippen molar-refractivity contribution in [1.82, 2.24) is 4.98 Å². The number of hydrogen-bond donors (Lipinski definition) is 5. The van der Waals surface area contributed by atoms with Crippen LogP contribution in [0, 0.1) is 0 Å². The normalized spacial score (nSPS) is 12.7. The Morgan fingerprint density at radius 2 is 1.67 bits per heavy atom. The van der Waals surface area contributed by atoms with Gasteiger partial charge in [0.2, 0.25) is 5.56 Å². The van der Waals surface area contributed by atoms with E-state index in [2.05, 4.69) is 28.5 Å². The lowest BCUT2D eigenvalue weighted by Gasteiger charge is -2.28. The number of pyridine rings is 1. The Morgan fingerprint density at radius 3 is 2.38 bits per heavy atom. The molecule has 0 spiro atoms. The van der Waals surface area contributed by atoms with Crippen LogP contribution in [0.15, 0.2) is 102 Å². The number of anilines is 2. The van der Waals surface area contributed by atoms with Crippen LogP contribution in [0.3, 0.4) is 0 Å². The summed E-state index contributed by atoms with van der Waals surface area (Å²) in [4.78, 5) is 14.4. The van der Waals surface area contributed by atoms with Crippen LogP contribution in [0.1, 0.15) is 17.5 Å². The Kier molecular flexibility index (Phi) is 7.36. The predicted octanol–water partition coefficient (Wildman–Crippen LogP) is 5.43. The number of aromatic nitrogens is 1. The predicted molar refractivity (Wildman–Crippen MR) is 156 cm³/mol. The number of fused-ring (bicyclic) bond motifs is 1. The summed E-state index contributed by atoms with van der Waals surface area (Å²) >= 11 is 0. The van der Waals surface area contributed by atoms with Gasteiger partial charge in [0.1, 0.15) is 17.1 Å². The third kappa shape index (κ3) is 5.50. The molecule has 0 saturated heterocycles. The van der Waals surface area contributed by atoms with Crippen LogP contribution >= 0.6 is 0 Å². The molecule has 1 heterocycles. The Morgan fingerprint density at radius 1 is 0.923 bits per heavy atom. The van der Waals surface area contributed by atoms with Crippen molar-refractivity contribution >= 4 is 22.3 Å². The molecule has 0 fully saturated rings. The summed E-state index contributed by atoms with van der Waals surface area (Å²) in [6, 6.07) is 30.3. The zero-order valence-electron chi connectivity index (χ0n) is 21.6. The standard InChI is InChI=1S/C32H31N3O4/c1-39-29-15-11-24(19-26(29)22-5-3-2-4-6-22)34-23-9-7-21(8-10-23)17-18-32(38,20-33)27-13-14-28(36)31-25(27)12-16-30(37)35-31/h2-16,19,34,36,38H,17-18,20,33H2,1H3,(H,35,37)/t32-/m0/s1. The number of hydrogen-bond acceptors (Lipinski definition) is 6. The molecule has 5 rings (SSSR count). The molecule has 0 aliphatic heterocycles. The highest BCUT2D eigenvalue weighted by atomic mass is 16.5. The van der Waals surface area contributed by atoms with Crippen LogP contribution in [0.25, 0.3) is 22.0 Å². The van der Waals surface area contributed by atoms with Gasteiger partial charge in [0.05, 0.1) is 12.6 Å². The molecule has 0 aliphatic carbocycles. The lowest BCUT2D eigenvalue weighted by atomic mass is 9.85. The number of rotatable bonds is 9. The highest BCUT2D eigenvalue weighted by Crippen LogP contribution is 2.35. The Labute approximate surface area is 226 Å². The van der Waals surface area contributed by atoms with Crippen molar-refractivity contribution in [2.75, 3.05) is 19.0 Å². The molecule has 198 valence electrons. The fourth-order valence-corrected chi connectivity index (χ4v) is 4.89. The van der Waals surface area contributed by atoms with E-state index in [1.165, 1.54) is 12.1 Å². The molecule has 1 aromatic heterocycles. The first-order valence-electron chi connectivity index (χ1n) is 12.8. The summed E-state index contributed by atoms with van der Waals surface area (Å²) in [6.45, 7) is -0.00709. The zero-order chi connectivity index (χ0) is 27.4. The number of aryl methyl sites for hydroxylation is 1. The highest BCUT2D eigenvalue weighted by Gasteiger charge is 2.30. The molecule has 0 aliphatic rings. The molecular weight excluding hydrogens is 490 g/mol. The quantitative estimate of drug-likeness (QED) is 0.176. The van der Waals surface area contributed by atoms with E-state index in [0.717, 1.165) is 33.8 Å². The van der Waals surface area contributed by atoms with Crippen LogP contribution in [0.2, 0.25) is 0 Å². The van der Waals surface area contributed by atoms with Gasteiger partial charge in [-0.1, -0.05) is 48.5 Å².